The standard InChI is InChI=1S/C19H19FN4S/c1-21-19(22-11-15-9-5-6-10-17(15)20)23-12-16-13-25-18(24-16)14-7-3-2-4-8-14/h2-10,13H,11-12H2,1H3,(H2,21,22,23). The van der Waals surface area contributed by atoms with Crippen LogP contribution in [0, 0.1) is 5.82 Å². The summed E-state index contributed by atoms with van der Waals surface area (Å²) in [6.07, 6.45) is 0. The molecule has 0 atom stereocenters. The summed E-state index contributed by atoms with van der Waals surface area (Å²) in [6, 6.07) is 16.8. The second-order valence-corrected chi connectivity index (χ2v) is 6.24. The first-order valence-electron chi connectivity index (χ1n) is 7.94. The minimum atomic E-state index is -0.225. The van der Waals surface area contributed by atoms with Crippen molar-refractivity contribution in [3.8, 4) is 10.6 Å². The van der Waals surface area contributed by atoms with Gasteiger partial charge < -0.3 is 10.6 Å². The maximum Gasteiger partial charge on any atom is 0.191 e. The average molecular weight is 354 g/mol. The van der Waals surface area contributed by atoms with Crippen molar-refractivity contribution in [2.24, 2.45) is 4.99 Å². The summed E-state index contributed by atoms with van der Waals surface area (Å²) in [6.45, 7) is 0.930. The molecule has 0 aliphatic carbocycles. The molecule has 0 aliphatic heterocycles. The number of hydrogen-bond donors (Lipinski definition) is 2. The maximum atomic E-state index is 13.6. The Morgan fingerprint density at radius 3 is 2.52 bits per heavy atom. The smallest absolute Gasteiger partial charge is 0.191 e. The Hall–Kier alpha value is -2.73. The van der Waals surface area contributed by atoms with E-state index in [1.165, 1.54) is 6.07 Å². The third kappa shape index (κ3) is 4.64. The van der Waals surface area contributed by atoms with Crippen molar-refractivity contribution in [3.63, 3.8) is 0 Å². The van der Waals surface area contributed by atoms with Crippen molar-refractivity contribution < 1.29 is 4.39 Å². The van der Waals surface area contributed by atoms with Crippen molar-refractivity contribution in [1.29, 1.82) is 0 Å². The molecule has 0 radical (unpaired) electrons. The zero-order valence-electron chi connectivity index (χ0n) is 13.9. The molecule has 4 nitrogen and oxygen atoms in total. The summed E-state index contributed by atoms with van der Waals surface area (Å²) in [5.74, 6) is 0.384. The van der Waals surface area contributed by atoms with Gasteiger partial charge in [0.15, 0.2) is 5.96 Å². The van der Waals surface area contributed by atoms with Gasteiger partial charge >= 0.3 is 0 Å². The first kappa shape index (κ1) is 17.1. The number of thiazole rings is 1. The lowest BCUT2D eigenvalue weighted by atomic mass is 10.2. The molecule has 25 heavy (non-hydrogen) atoms. The quantitative estimate of drug-likeness (QED) is 0.541. The Kier molecular flexibility index (Phi) is 5.74. The number of aliphatic imine (C=N–C) groups is 1. The van der Waals surface area contributed by atoms with Crippen molar-refractivity contribution in [2.45, 2.75) is 13.1 Å². The van der Waals surface area contributed by atoms with E-state index in [9.17, 15) is 4.39 Å². The van der Waals surface area contributed by atoms with Crippen LogP contribution in [0.3, 0.4) is 0 Å². The molecular weight excluding hydrogens is 335 g/mol. The Morgan fingerprint density at radius 2 is 1.76 bits per heavy atom. The van der Waals surface area contributed by atoms with Crippen molar-refractivity contribution in [2.75, 3.05) is 7.05 Å². The summed E-state index contributed by atoms with van der Waals surface area (Å²) < 4.78 is 13.6. The van der Waals surface area contributed by atoms with E-state index in [0.29, 0.717) is 24.6 Å². The van der Waals surface area contributed by atoms with Crippen LogP contribution in [0.1, 0.15) is 11.3 Å². The van der Waals surface area contributed by atoms with Gasteiger partial charge in [-0.25, -0.2) is 9.37 Å². The Morgan fingerprint density at radius 1 is 1.04 bits per heavy atom. The van der Waals surface area contributed by atoms with E-state index >= 15 is 0 Å². The fourth-order valence-corrected chi connectivity index (χ4v) is 3.14. The van der Waals surface area contributed by atoms with Crippen LogP contribution in [-0.4, -0.2) is 18.0 Å². The van der Waals surface area contributed by atoms with Crippen LogP contribution in [0.2, 0.25) is 0 Å². The lowest BCUT2D eigenvalue weighted by Gasteiger charge is -2.11. The van der Waals surface area contributed by atoms with Gasteiger partial charge in [0, 0.05) is 30.1 Å². The van der Waals surface area contributed by atoms with E-state index in [-0.39, 0.29) is 5.82 Å². The fourth-order valence-electron chi connectivity index (χ4n) is 2.32. The summed E-state index contributed by atoms with van der Waals surface area (Å²) in [4.78, 5) is 8.79. The Labute approximate surface area is 150 Å². The number of aromatic nitrogens is 1. The molecule has 0 bridgehead atoms. The minimum Gasteiger partial charge on any atom is -0.352 e. The van der Waals surface area contributed by atoms with Gasteiger partial charge in [-0.15, -0.1) is 11.3 Å². The topological polar surface area (TPSA) is 49.3 Å². The number of nitrogens with zero attached hydrogens (tertiary/aromatic N) is 2. The van der Waals surface area contributed by atoms with E-state index in [1.807, 2.05) is 41.8 Å². The zero-order valence-corrected chi connectivity index (χ0v) is 14.7. The second kappa shape index (κ2) is 8.39. The third-order valence-electron chi connectivity index (χ3n) is 3.64. The fraction of sp³-hybridized carbons (Fsp3) is 0.158. The molecule has 2 aromatic carbocycles. The first-order valence-corrected chi connectivity index (χ1v) is 8.82. The van der Waals surface area contributed by atoms with Gasteiger partial charge in [-0.05, 0) is 6.07 Å². The van der Waals surface area contributed by atoms with Crippen LogP contribution in [0.4, 0.5) is 4.39 Å². The van der Waals surface area contributed by atoms with Gasteiger partial charge in [0.25, 0.3) is 0 Å². The van der Waals surface area contributed by atoms with Gasteiger partial charge in [-0.2, -0.15) is 0 Å². The highest BCUT2D eigenvalue weighted by Crippen LogP contribution is 2.23. The van der Waals surface area contributed by atoms with Gasteiger partial charge in [0.2, 0.25) is 0 Å². The molecule has 0 amide bonds. The molecule has 0 aliphatic rings. The lowest BCUT2D eigenvalue weighted by Crippen LogP contribution is -2.36. The highest BCUT2D eigenvalue weighted by molar-refractivity contribution is 7.13. The SMILES string of the molecule is CN=C(NCc1csc(-c2ccccc2)n1)NCc1ccccc1F. The molecular formula is C19H19FN4S. The number of rotatable bonds is 5. The maximum absolute atomic E-state index is 13.6. The van der Waals surface area contributed by atoms with Gasteiger partial charge in [0.1, 0.15) is 10.8 Å². The molecule has 3 aromatic rings. The molecule has 0 unspecified atom stereocenters. The van der Waals surface area contributed by atoms with Crippen molar-refractivity contribution >= 4 is 17.3 Å². The van der Waals surface area contributed by atoms with Crippen molar-refractivity contribution in [3.05, 3.63) is 77.1 Å². The predicted octanol–water partition coefficient (Wildman–Crippen LogP) is 3.81. The lowest BCUT2D eigenvalue weighted by molar-refractivity contribution is 0.604. The molecule has 1 heterocycles. The highest BCUT2D eigenvalue weighted by Gasteiger charge is 2.06. The largest absolute Gasteiger partial charge is 0.352 e. The van der Waals surface area contributed by atoms with Gasteiger partial charge in [-0.1, -0.05) is 48.5 Å². The monoisotopic (exact) mass is 354 g/mol. The summed E-state index contributed by atoms with van der Waals surface area (Å²) >= 11 is 1.61. The van der Waals surface area contributed by atoms with E-state index in [2.05, 4.69) is 20.6 Å². The zero-order chi connectivity index (χ0) is 17.5. The van der Waals surface area contributed by atoms with E-state index in [0.717, 1.165) is 16.3 Å². The van der Waals surface area contributed by atoms with Crippen molar-refractivity contribution in [1.82, 2.24) is 15.6 Å². The molecule has 0 fully saturated rings. The second-order valence-electron chi connectivity index (χ2n) is 5.38. The van der Waals surface area contributed by atoms with E-state index < -0.39 is 0 Å². The van der Waals surface area contributed by atoms with Gasteiger partial charge in [0.05, 0.1) is 12.2 Å². The summed E-state index contributed by atoms with van der Waals surface area (Å²) in [5.41, 5.74) is 2.66. The predicted molar refractivity (Wildman–Crippen MR) is 101 cm³/mol. The molecule has 0 saturated heterocycles. The van der Waals surface area contributed by atoms with Crippen LogP contribution in [0.5, 0.6) is 0 Å². The number of nitrogens with one attached hydrogen (secondary N) is 2. The number of benzene rings is 2. The van der Waals surface area contributed by atoms with Crippen LogP contribution < -0.4 is 10.6 Å². The Balaban J connectivity index is 1.55. The summed E-state index contributed by atoms with van der Waals surface area (Å²) in [5, 5.41) is 9.33. The van der Waals surface area contributed by atoms with Gasteiger partial charge in [-0.3, -0.25) is 4.99 Å². The molecule has 1 aromatic heterocycles. The Bertz CT molecular complexity index is 845. The third-order valence-corrected chi connectivity index (χ3v) is 4.58. The highest BCUT2D eigenvalue weighted by atomic mass is 32.1. The molecule has 128 valence electrons. The average Bonchev–Trinajstić information content (AvgIpc) is 3.13. The number of halogens is 1. The number of hydrogen-bond acceptors (Lipinski definition) is 3. The first-order chi connectivity index (χ1) is 12.3. The minimum absolute atomic E-state index is 0.225. The molecule has 3 rings (SSSR count). The van der Waals surface area contributed by atoms with Crippen LogP contribution in [0.25, 0.3) is 10.6 Å². The van der Waals surface area contributed by atoms with Crippen LogP contribution >= 0.6 is 11.3 Å². The van der Waals surface area contributed by atoms with Crippen LogP contribution in [-0.2, 0) is 13.1 Å². The molecule has 0 spiro atoms. The molecule has 0 saturated carbocycles. The summed E-state index contributed by atoms with van der Waals surface area (Å²) in [7, 11) is 1.69. The number of guanidine groups is 1. The van der Waals surface area contributed by atoms with Crippen LogP contribution in [0.15, 0.2) is 65.0 Å². The molecule has 6 heteroatoms. The molecule has 2 N–H and O–H groups in total. The van der Waals surface area contributed by atoms with E-state index in [1.54, 1.807) is 30.5 Å². The normalized spacial score (nSPS) is 11.4. The van der Waals surface area contributed by atoms with E-state index in [4.69, 9.17) is 0 Å².